The van der Waals surface area contributed by atoms with E-state index in [1.807, 2.05) is 0 Å². The summed E-state index contributed by atoms with van der Waals surface area (Å²) in [5.74, 6) is 8.51. The molecule has 2 aliphatic rings. The maximum Gasteiger partial charge on any atom is 0.0120 e. The van der Waals surface area contributed by atoms with E-state index in [-0.39, 0.29) is 0 Å². The van der Waals surface area contributed by atoms with E-state index in [2.05, 4.69) is 11.8 Å². The summed E-state index contributed by atoms with van der Waals surface area (Å²) in [7, 11) is 0. The van der Waals surface area contributed by atoms with Crippen LogP contribution < -0.4 is 0 Å². The summed E-state index contributed by atoms with van der Waals surface area (Å²) in [5, 5.41) is 0. The van der Waals surface area contributed by atoms with Gasteiger partial charge in [0.25, 0.3) is 0 Å². The van der Waals surface area contributed by atoms with Crippen LogP contribution in [0.3, 0.4) is 0 Å². The molecule has 0 nitrogen and oxygen atoms in total. The highest BCUT2D eigenvalue weighted by atomic mass is 14.3. The summed E-state index contributed by atoms with van der Waals surface area (Å²) in [5.41, 5.74) is 0. The van der Waals surface area contributed by atoms with Crippen molar-refractivity contribution in [3.8, 4) is 11.8 Å². The van der Waals surface area contributed by atoms with Crippen molar-refractivity contribution in [3.05, 3.63) is 0 Å². The summed E-state index contributed by atoms with van der Waals surface area (Å²) < 4.78 is 0. The van der Waals surface area contributed by atoms with Crippen LogP contribution in [0.5, 0.6) is 0 Å². The smallest absolute Gasteiger partial charge is 0.0120 e. The molecule has 0 bridgehead atoms. The van der Waals surface area contributed by atoms with Crippen molar-refractivity contribution in [1.29, 1.82) is 0 Å². The van der Waals surface area contributed by atoms with Gasteiger partial charge in [0.1, 0.15) is 0 Å². The monoisotopic (exact) mass is 134 g/mol. The molecule has 0 saturated heterocycles. The largest absolute Gasteiger partial charge is 0.103 e. The Hall–Kier alpha value is -0.440. The van der Waals surface area contributed by atoms with Gasteiger partial charge in [0.15, 0.2) is 0 Å². The van der Waals surface area contributed by atoms with Gasteiger partial charge >= 0.3 is 0 Å². The predicted octanol–water partition coefficient (Wildman–Crippen LogP) is 2.59. The molecule has 54 valence electrons. The lowest BCUT2D eigenvalue weighted by Gasteiger charge is -2.13. The average molecular weight is 134 g/mol. The third kappa shape index (κ3) is 1.06. The van der Waals surface area contributed by atoms with Crippen molar-refractivity contribution in [2.45, 2.75) is 38.5 Å². The highest BCUT2D eigenvalue weighted by molar-refractivity contribution is 5.04. The van der Waals surface area contributed by atoms with Gasteiger partial charge in [0.05, 0.1) is 0 Å². The topological polar surface area (TPSA) is 0 Å². The van der Waals surface area contributed by atoms with Crippen LogP contribution in [0.15, 0.2) is 0 Å². The lowest BCUT2D eigenvalue weighted by atomic mass is 9.91. The first-order valence-electron chi connectivity index (χ1n) is 4.42. The molecule has 0 aromatic heterocycles. The predicted molar refractivity (Wildman–Crippen MR) is 42.5 cm³/mol. The molecule has 2 rings (SSSR count). The van der Waals surface area contributed by atoms with E-state index < -0.39 is 0 Å². The van der Waals surface area contributed by atoms with Crippen molar-refractivity contribution >= 4 is 0 Å². The standard InChI is InChI=1S/C10H14/c1-2-5-9-7-4-8-10(9)6-3-1/h9-10H,2,4-8H2. The van der Waals surface area contributed by atoms with E-state index in [0.717, 1.165) is 11.8 Å². The molecule has 0 heterocycles. The molecule has 1 fully saturated rings. The van der Waals surface area contributed by atoms with Crippen molar-refractivity contribution in [1.82, 2.24) is 0 Å². The molecule has 2 atom stereocenters. The Morgan fingerprint density at radius 3 is 2.80 bits per heavy atom. The third-order valence-corrected chi connectivity index (χ3v) is 2.95. The van der Waals surface area contributed by atoms with E-state index in [1.54, 1.807) is 0 Å². The second kappa shape index (κ2) is 2.66. The quantitative estimate of drug-likeness (QED) is 0.447. The first kappa shape index (κ1) is 6.28. The zero-order valence-electron chi connectivity index (χ0n) is 6.40. The molecule has 0 aromatic rings. The summed E-state index contributed by atoms with van der Waals surface area (Å²) in [6, 6.07) is 0. The minimum atomic E-state index is 0.981. The summed E-state index contributed by atoms with van der Waals surface area (Å²) in [6.07, 6.45) is 8.16. The van der Waals surface area contributed by atoms with Crippen LogP contribution >= 0.6 is 0 Å². The summed E-state index contributed by atoms with van der Waals surface area (Å²) in [4.78, 5) is 0. The maximum atomic E-state index is 3.27. The zero-order chi connectivity index (χ0) is 6.81. The molecule has 2 aliphatic carbocycles. The molecule has 0 spiro atoms. The fraction of sp³-hybridized carbons (Fsp3) is 0.800. The average Bonchev–Trinajstić information content (AvgIpc) is 2.28. The second-order valence-corrected chi connectivity index (χ2v) is 3.55. The van der Waals surface area contributed by atoms with Crippen LogP contribution in [-0.2, 0) is 0 Å². The summed E-state index contributed by atoms with van der Waals surface area (Å²) >= 11 is 0. The Morgan fingerprint density at radius 1 is 0.900 bits per heavy atom. The van der Waals surface area contributed by atoms with Crippen LogP contribution in [0.1, 0.15) is 38.5 Å². The molecule has 0 aromatic carbocycles. The Labute approximate surface area is 63.0 Å². The number of hydrogen-bond acceptors (Lipinski definition) is 0. The lowest BCUT2D eigenvalue weighted by molar-refractivity contribution is 0.381. The van der Waals surface area contributed by atoms with Crippen LogP contribution in [-0.4, -0.2) is 0 Å². The third-order valence-electron chi connectivity index (χ3n) is 2.95. The molecule has 0 N–H and O–H groups in total. The fourth-order valence-electron chi connectivity index (χ4n) is 2.31. The zero-order valence-corrected chi connectivity index (χ0v) is 6.40. The first-order valence-corrected chi connectivity index (χ1v) is 4.42. The normalized spacial score (nSPS) is 37.6. The second-order valence-electron chi connectivity index (χ2n) is 3.55. The van der Waals surface area contributed by atoms with Gasteiger partial charge in [0.2, 0.25) is 0 Å². The highest BCUT2D eigenvalue weighted by Crippen LogP contribution is 2.37. The van der Waals surface area contributed by atoms with Gasteiger partial charge in [-0.1, -0.05) is 12.8 Å². The number of fused-ring (bicyclic) bond motifs is 1. The van der Waals surface area contributed by atoms with Gasteiger partial charge in [-0.05, 0) is 24.7 Å². The van der Waals surface area contributed by atoms with Crippen molar-refractivity contribution in [3.63, 3.8) is 0 Å². The van der Waals surface area contributed by atoms with E-state index in [1.165, 1.54) is 38.5 Å². The molecule has 0 heteroatoms. The Morgan fingerprint density at radius 2 is 1.80 bits per heavy atom. The molecular weight excluding hydrogens is 120 g/mol. The molecule has 0 radical (unpaired) electrons. The van der Waals surface area contributed by atoms with Crippen LogP contribution in [0.2, 0.25) is 0 Å². The van der Waals surface area contributed by atoms with Gasteiger partial charge in [-0.15, -0.1) is 11.8 Å². The molecule has 0 amide bonds. The van der Waals surface area contributed by atoms with E-state index in [4.69, 9.17) is 0 Å². The SMILES string of the molecule is C1#CCC2CCCC2CC1. The van der Waals surface area contributed by atoms with Gasteiger partial charge in [-0.2, -0.15) is 0 Å². The minimum Gasteiger partial charge on any atom is -0.103 e. The van der Waals surface area contributed by atoms with Crippen LogP contribution in [0.25, 0.3) is 0 Å². The Kier molecular flexibility index (Phi) is 1.67. The lowest BCUT2D eigenvalue weighted by Crippen LogP contribution is -2.04. The van der Waals surface area contributed by atoms with E-state index in [0.29, 0.717) is 0 Å². The van der Waals surface area contributed by atoms with Gasteiger partial charge < -0.3 is 0 Å². The summed E-state index contributed by atoms with van der Waals surface area (Å²) in [6.45, 7) is 0. The molecule has 1 saturated carbocycles. The van der Waals surface area contributed by atoms with Gasteiger partial charge in [0, 0.05) is 12.8 Å². The minimum absolute atomic E-state index is 0.981. The molecule has 2 unspecified atom stereocenters. The maximum absolute atomic E-state index is 3.27. The van der Waals surface area contributed by atoms with E-state index >= 15 is 0 Å². The Bertz CT molecular complexity index is 170. The van der Waals surface area contributed by atoms with Crippen LogP contribution in [0.4, 0.5) is 0 Å². The first-order chi connectivity index (χ1) is 4.97. The Balaban J connectivity index is 2.04. The molecule has 10 heavy (non-hydrogen) atoms. The van der Waals surface area contributed by atoms with Crippen molar-refractivity contribution in [2.24, 2.45) is 11.8 Å². The van der Waals surface area contributed by atoms with Gasteiger partial charge in [-0.25, -0.2) is 0 Å². The van der Waals surface area contributed by atoms with Crippen molar-refractivity contribution < 1.29 is 0 Å². The molecule has 0 aliphatic heterocycles. The highest BCUT2D eigenvalue weighted by Gasteiger charge is 2.26. The van der Waals surface area contributed by atoms with E-state index in [9.17, 15) is 0 Å². The number of hydrogen-bond donors (Lipinski definition) is 0. The van der Waals surface area contributed by atoms with Crippen molar-refractivity contribution in [2.75, 3.05) is 0 Å². The van der Waals surface area contributed by atoms with Gasteiger partial charge in [-0.3, -0.25) is 0 Å². The fourth-order valence-corrected chi connectivity index (χ4v) is 2.31. The van der Waals surface area contributed by atoms with Crippen LogP contribution in [0, 0.1) is 23.7 Å². The molecular formula is C10H14. The number of rotatable bonds is 0.